The van der Waals surface area contributed by atoms with E-state index in [-0.39, 0.29) is 18.6 Å². The van der Waals surface area contributed by atoms with Gasteiger partial charge in [-0.1, -0.05) is 6.07 Å². The third kappa shape index (κ3) is 4.23. The number of morpholine rings is 1. The molecule has 1 N–H and O–H groups in total. The first kappa shape index (κ1) is 15.9. The van der Waals surface area contributed by atoms with Crippen molar-refractivity contribution in [2.45, 2.75) is 6.04 Å². The van der Waals surface area contributed by atoms with Gasteiger partial charge in [-0.3, -0.25) is 4.79 Å². The minimum atomic E-state index is -0.414. The number of likely N-dealkylation sites (N-methyl/N-ethyl adjacent to an activating group) is 1. The molecule has 116 valence electrons. The molecule has 1 saturated heterocycles. The van der Waals surface area contributed by atoms with Crippen molar-refractivity contribution < 1.29 is 19.0 Å². The second-order valence-corrected chi connectivity index (χ2v) is 5.22. The first-order chi connectivity index (χ1) is 10.1. The molecule has 0 aromatic heterocycles. The lowest BCUT2D eigenvalue weighted by molar-refractivity contribution is -0.0109. The SMILES string of the molecule is CN(CCO)C[C@H]1COCCN1C(=O)c1cccc(F)c1. The molecule has 21 heavy (non-hydrogen) atoms. The summed E-state index contributed by atoms with van der Waals surface area (Å²) in [5.74, 6) is -0.594. The summed E-state index contributed by atoms with van der Waals surface area (Å²) in [6.45, 7) is 2.66. The van der Waals surface area contributed by atoms with Crippen molar-refractivity contribution >= 4 is 5.91 Å². The molecule has 1 aromatic carbocycles. The van der Waals surface area contributed by atoms with Crippen LogP contribution in [0, 0.1) is 5.82 Å². The van der Waals surface area contributed by atoms with Gasteiger partial charge in [-0.05, 0) is 25.2 Å². The Labute approximate surface area is 123 Å². The van der Waals surface area contributed by atoms with E-state index in [1.165, 1.54) is 18.2 Å². The van der Waals surface area contributed by atoms with Gasteiger partial charge in [0, 0.05) is 25.2 Å². The lowest BCUT2D eigenvalue weighted by Gasteiger charge is -2.37. The number of hydrogen-bond acceptors (Lipinski definition) is 4. The van der Waals surface area contributed by atoms with Crippen LogP contribution < -0.4 is 0 Å². The molecule has 1 atom stereocenters. The number of aliphatic hydroxyl groups is 1. The number of benzene rings is 1. The molecule has 0 unspecified atom stereocenters. The average Bonchev–Trinajstić information content (AvgIpc) is 2.47. The number of ether oxygens (including phenoxy) is 1. The molecule has 6 heteroatoms. The van der Waals surface area contributed by atoms with Gasteiger partial charge in [-0.25, -0.2) is 4.39 Å². The summed E-state index contributed by atoms with van der Waals surface area (Å²) in [4.78, 5) is 16.2. The number of carbonyl (C=O) groups is 1. The Morgan fingerprint density at radius 3 is 3.10 bits per heavy atom. The molecule has 1 fully saturated rings. The third-order valence-corrected chi connectivity index (χ3v) is 3.56. The van der Waals surface area contributed by atoms with Crippen LogP contribution in [0.2, 0.25) is 0 Å². The maximum atomic E-state index is 13.3. The number of halogens is 1. The van der Waals surface area contributed by atoms with Crippen LogP contribution in [0.3, 0.4) is 0 Å². The van der Waals surface area contributed by atoms with Crippen LogP contribution in [-0.2, 0) is 4.74 Å². The van der Waals surface area contributed by atoms with E-state index in [4.69, 9.17) is 9.84 Å². The largest absolute Gasteiger partial charge is 0.395 e. The summed E-state index contributed by atoms with van der Waals surface area (Å²) in [6, 6.07) is 5.64. The zero-order chi connectivity index (χ0) is 15.2. The fourth-order valence-electron chi connectivity index (χ4n) is 2.48. The van der Waals surface area contributed by atoms with E-state index in [1.54, 1.807) is 11.0 Å². The number of nitrogens with zero attached hydrogens (tertiary/aromatic N) is 2. The predicted molar refractivity (Wildman–Crippen MR) is 76.6 cm³/mol. The van der Waals surface area contributed by atoms with E-state index in [2.05, 4.69) is 0 Å². The Kier molecular flexibility index (Phi) is 5.67. The predicted octanol–water partition coefficient (Wildman–Crippen LogP) is 0.591. The highest BCUT2D eigenvalue weighted by Gasteiger charge is 2.29. The quantitative estimate of drug-likeness (QED) is 0.864. The smallest absolute Gasteiger partial charge is 0.254 e. The van der Waals surface area contributed by atoms with Gasteiger partial charge in [0.05, 0.1) is 25.9 Å². The number of amides is 1. The number of aliphatic hydroxyl groups excluding tert-OH is 1. The molecule has 1 aliphatic rings. The first-order valence-corrected chi connectivity index (χ1v) is 7.05. The van der Waals surface area contributed by atoms with Crippen LogP contribution in [0.25, 0.3) is 0 Å². The molecule has 1 amide bonds. The van der Waals surface area contributed by atoms with Crippen LogP contribution in [-0.4, -0.2) is 73.4 Å². The molecule has 0 radical (unpaired) electrons. The molecule has 1 heterocycles. The number of rotatable bonds is 5. The topological polar surface area (TPSA) is 53.0 Å². The lowest BCUT2D eigenvalue weighted by atomic mass is 10.1. The molecule has 1 aliphatic heterocycles. The molecule has 0 aliphatic carbocycles. The summed E-state index contributed by atoms with van der Waals surface area (Å²) in [5, 5.41) is 8.95. The lowest BCUT2D eigenvalue weighted by Crippen LogP contribution is -2.53. The van der Waals surface area contributed by atoms with Crippen LogP contribution >= 0.6 is 0 Å². The Morgan fingerprint density at radius 2 is 2.38 bits per heavy atom. The molecule has 5 nitrogen and oxygen atoms in total. The fourth-order valence-corrected chi connectivity index (χ4v) is 2.48. The van der Waals surface area contributed by atoms with Crippen molar-refractivity contribution in [3.8, 4) is 0 Å². The highest BCUT2D eigenvalue weighted by molar-refractivity contribution is 5.94. The molecular weight excluding hydrogens is 275 g/mol. The van der Waals surface area contributed by atoms with Gasteiger partial charge in [0.1, 0.15) is 5.82 Å². The maximum absolute atomic E-state index is 13.3. The first-order valence-electron chi connectivity index (χ1n) is 7.05. The van der Waals surface area contributed by atoms with Gasteiger partial charge in [0.15, 0.2) is 0 Å². The second-order valence-electron chi connectivity index (χ2n) is 5.22. The van der Waals surface area contributed by atoms with Crippen LogP contribution in [0.1, 0.15) is 10.4 Å². The summed E-state index contributed by atoms with van der Waals surface area (Å²) < 4.78 is 18.7. The summed E-state index contributed by atoms with van der Waals surface area (Å²) >= 11 is 0. The zero-order valence-corrected chi connectivity index (χ0v) is 12.2. The Hall–Kier alpha value is -1.50. The van der Waals surface area contributed by atoms with E-state index in [0.717, 1.165) is 0 Å². The van der Waals surface area contributed by atoms with E-state index >= 15 is 0 Å². The standard InChI is InChI=1S/C15H21FN2O3/c1-17(5-7-19)10-14-11-21-8-6-18(14)15(20)12-3-2-4-13(16)9-12/h2-4,9,14,19H,5-8,10-11H2,1H3/t14-/m0/s1. The minimum absolute atomic E-state index is 0.0713. The van der Waals surface area contributed by atoms with E-state index in [1.807, 2.05) is 11.9 Å². The molecular formula is C15H21FN2O3. The summed E-state index contributed by atoms with van der Waals surface area (Å²) in [5.41, 5.74) is 0.353. The van der Waals surface area contributed by atoms with Crippen molar-refractivity contribution in [2.75, 3.05) is 46.5 Å². The number of hydrogen-bond donors (Lipinski definition) is 1. The fraction of sp³-hybridized carbons (Fsp3) is 0.533. The Morgan fingerprint density at radius 1 is 1.57 bits per heavy atom. The molecule has 1 aromatic rings. The van der Waals surface area contributed by atoms with Gasteiger partial charge in [-0.2, -0.15) is 0 Å². The van der Waals surface area contributed by atoms with Gasteiger partial charge in [0.2, 0.25) is 0 Å². The van der Waals surface area contributed by atoms with E-state index < -0.39 is 5.82 Å². The summed E-state index contributed by atoms with van der Waals surface area (Å²) in [7, 11) is 1.88. The number of carbonyl (C=O) groups excluding carboxylic acids is 1. The Balaban J connectivity index is 2.09. The van der Waals surface area contributed by atoms with Crippen molar-refractivity contribution in [3.63, 3.8) is 0 Å². The van der Waals surface area contributed by atoms with Gasteiger partial charge in [-0.15, -0.1) is 0 Å². The highest BCUT2D eigenvalue weighted by atomic mass is 19.1. The van der Waals surface area contributed by atoms with Crippen molar-refractivity contribution in [2.24, 2.45) is 0 Å². The molecule has 2 rings (SSSR count). The van der Waals surface area contributed by atoms with Crippen molar-refractivity contribution in [3.05, 3.63) is 35.6 Å². The van der Waals surface area contributed by atoms with E-state index in [0.29, 0.717) is 38.4 Å². The normalized spacial score (nSPS) is 19.0. The molecule has 0 saturated carbocycles. The van der Waals surface area contributed by atoms with E-state index in [9.17, 15) is 9.18 Å². The summed E-state index contributed by atoms with van der Waals surface area (Å²) in [6.07, 6.45) is 0. The van der Waals surface area contributed by atoms with Gasteiger partial charge >= 0.3 is 0 Å². The maximum Gasteiger partial charge on any atom is 0.254 e. The van der Waals surface area contributed by atoms with Gasteiger partial charge < -0.3 is 19.6 Å². The molecule has 0 bridgehead atoms. The highest BCUT2D eigenvalue weighted by Crippen LogP contribution is 2.14. The van der Waals surface area contributed by atoms with Crippen LogP contribution in [0.5, 0.6) is 0 Å². The van der Waals surface area contributed by atoms with Crippen LogP contribution in [0.15, 0.2) is 24.3 Å². The average molecular weight is 296 g/mol. The monoisotopic (exact) mass is 296 g/mol. The van der Waals surface area contributed by atoms with Crippen LogP contribution in [0.4, 0.5) is 4.39 Å². The second kappa shape index (κ2) is 7.49. The third-order valence-electron chi connectivity index (χ3n) is 3.56. The van der Waals surface area contributed by atoms with Crippen molar-refractivity contribution in [1.82, 2.24) is 9.80 Å². The zero-order valence-electron chi connectivity index (χ0n) is 12.2. The Bertz CT molecular complexity index is 484. The van der Waals surface area contributed by atoms with Gasteiger partial charge in [0.25, 0.3) is 5.91 Å². The minimum Gasteiger partial charge on any atom is -0.395 e. The molecule has 0 spiro atoms. The van der Waals surface area contributed by atoms with Crippen molar-refractivity contribution in [1.29, 1.82) is 0 Å².